The average Bonchev–Trinajstić information content (AvgIpc) is 2.39. The van der Waals surface area contributed by atoms with Gasteiger partial charge in [0.05, 0.1) is 25.5 Å². The summed E-state index contributed by atoms with van der Waals surface area (Å²) in [6, 6.07) is 5.92. The lowest BCUT2D eigenvalue weighted by Gasteiger charge is -2.34. The van der Waals surface area contributed by atoms with E-state index < -0.39 is 0 Å². The summed E-state index contributed by atoms with van der Waals surface area (Å²) >= 11 is 0. The van der Waals surface area contributed by atoms with Crippen LogP contribution in [-0.2, 0) is 4.74 Å². The first kappa shape index (κ1) is 12.0. The Morgan fingerprint density at radius 3 is 3.06 bits per heavy atom. The molecule has 2 N–H and O–H groups in total. The number of nitrogens with two attached hydrogens (primary N) is 1. The minimum Gasteiger partial charge on any atom is -0.495 e. The van der Waals surface area contributed by atoms with E-state index in [9.17, 15) is 0 Å². The Balaban J connectivity index is 2.16. The van der Waals surface area contributed by atoms with Crippen LogP contribution in [0.25, 0.3) is 0 Å². The van der Waals surface area contributed by atoms with E-state index in [2.05, 4.69) is 11.8 Å². The highest BCUT2D eigenvalue weighted by Gasteiger charge is 2.19. The van der Waals surface area contributed by atoms with Crippen molar-refractivity contribution in [3.05, 3.63) is 18.2 Å². The van der Waals surface area contributed by atoms with Gasteiger partial charge in [-0.15, -0.1) is 0 Å². The van der Waals surface area contributed by atoms with E-state index in [4.69, 9.17) is 15.2 Å². The maximum absolute atomic E-state index is 5.81. The second-order valence-electron chi connectivity index (χ2n) is 4.27. The molecule has 1 aliphatic heterocycles. The highest BCUT2D eigenvalue weighted by Crippen LogP contribution is 2.28. The molecule has 1 fully saturated rings. The van der Waals surface area contributed by atoms with E-state index in [0.29, 0.717) is 11.8 Å². The molecule has 4 heteroatoms. The Labute approximate surface area is 102 Å². The minimum atomic E-state index is 0.326. The van der Waals surface area contributed by atoms with Crippen molar-refractivity contribution in [2.45, 2.75) is 19.4 Å². The normalized spacial score (nSPS) is 20.4. The monoisotopic (exact) mass is 236 g/mol. The van der Waals surface area contributed by atoms with Crippen molar-refractivity contribution in [2.75, 3.05) is 37.4 Å². The van der Waals surface area contributed by atoms with Crippen molar-refractivity contribution >= 4 is 11.4 Å². The molecule has 1 aromatic rings. The number of hydrogen-bond donors (Lipinski definition) is 1. The number of rotatable bonds is 3. The van der Waals surface area contributed by atoms with E-state index in [1.807, 2.05) is 18.2 Å². The van der Waals surface area contributed by atoms with Crippen LogP contribution in [0.3, 0.4) is 0 Å². The van der Waals surface area contributed by atoms with Crippen molar-refractivity contribution in [3.8, 4) is 5.75 Å². The number of ether oxygens (including phenoxy) is 2. The molecule has 1 saturated heterocycles. The minimum absolute atomic E-state index is 0.326. The molecule has 0 bridgehead atoms. The van der Waals surface area contributed by atoms with Crippen LogP contribution in [0.2, 0.25) is 0 Å². The van der Waals surface area contributed by atoms with Crippen LogP contribution in [-0.4, -0.2) is 32.9 Å². The molecule has 1 aromatic carbocycles. The van der Waals surface area contributed by atoms with Gasteiger partial charge in [0.1, 0.15) is 5.75 Å². The molecule has 4 nitrogen and oxygen atoms in total. The molecular formula is C13H20N2O2. The Kier molecular flexibility index (Phi) is 3.74. The van der Waals surface area contributed by atoms with Crippen LogP contribution < -0.4 is 15.4 Å². The van der Waals surface area contributed by atoms with Crippen LogP contribution in [0.1, 0.15) is 13.3 Å². The second kappa shape index (κ2) is 5.27. The predicted molar refractivity (Wildman–Crippen MR) is 69.7 cm³/mol. The number of nitrogens with zero attached hydrogens (tertiary/aromatic N) is 1. The maximum Gasteiger partial charge on any atom is 0.143 e. The highest BCUT2D eigenvalue weighted by molar-refractivity contribution is 5.62. The standard InChI is InChI=1S/C13H20N2O2/c1-3-11-9-15(6-7-17-11)10-4-5-12(14)13(8-10)16-2/h4-5,8,11H,3,6-7,9,14H2,1-2H3. The van der Waals surface area contributed by atoms with Gasteiger partial charge in [-0.25, -0.2) is 0 Å². The zero-order valence-corrected chi connectivity index (χ0v) is 10.5. The molecule has 0 radical (unpaired) electrons. The fourth-order valence-electron chi connectivity index (χ4n) is 2.10. The number of nitrogen functional groups attached to an aromatic ring is 1. The Bertz CT molecular complexity index is 382. The predicted octanol–water partition coefficient (Wildman–Crippen LogP) is 1.89. The van der Waals surface area contributed by atoms with Crippen molar-refractivity contribution in [1.29, 1.82) is 0 Å². The maximum atomic E-state index is 5.81. The lowest BCUT2D eigenvalue weighted by Crippen LogP contribution is -2.42. The van der Waals surface area contributed by atoms with Crippen LogP contribution in [0, 0.1) is 0 Å². The molecule has 0 aliphatic carbocycles. The lowest BCUT2D eigenvalue weighted by atomic mass is 10.2. The van der Waals surface area contributed by atoms with Crippen molar-refractivity contribution in [2.24, 2.45) is 0 Å². The first-order chi connectivity index (χ1) is 8.24. The van der Waals surface area contributed by atoms with Crippen LogP contribution in [0.4, 0.5) is 11.4 Å². The first-order valence-electron chi connectivity index (χ1n) is 6.04. The van der Waals surface area contributed by atoms with Crippen LogP contribution >= 0.6 is 0 Å². The van der Waals surface area contributed by atoms with Gasteiger partial charge in [0.15, 0.2) is 0 Å². The zero-order chi connectivity index (χ0) is 12.3. The molecule has 2 rings (SSSR count). The molecule has 0 amide bonds. The summed E-state index contributed by atoms with van der Waals surface area (Å²) in [6.07, 6.45) is 1.37. The Morgan fingerprint density at radius 2 is 2.35 bits per heavy atom. The van der Waals surface area contributed by atoms with Gasteiger partial charge < -0.3 is 20.1 Å². The molecular weight excluding hydrogens is 216 g/mol. The number of benzene rings is 1. The molecule has 0 aromatic heterocycles. The van der Waals surface area contributed by atoms with E-state index >= 15 is 0 Å². The van der Waals surface area contributed by atoms with Crippen molar-refractivity contribution in [3.63, 3.8) is 0 Å². The number of morpholine rings is 1. The molecule has 17 heavy (non-hydrogen) atoms. The number of methoxy groups -OCH3 is 1. The number of anilines is 2. The Morgan fingerprint density at radius 1 is 1.53 bits per heavy atom. The lowest BCUT2D eigenvalue weighted by molar-refractivity contribution is 0.0384. The third-order valence-electron chi connectivity index (χ3n) is 3.18. The van der Waals surface area contributed by atoms with Crippen molar-refractivity contribution < 1.29 is 9.47 Å². The summed E-state index contributed by atoms with van der Waals surface area (Å²) in [5.41, 5.74) is 7.64. The SMILES string of the molecule is CCC1CN(c2ccc(N)c(OC)c2)CCO1. The summed E-state index contributed by atoms with van der Waals surface area (Å²) in [6.45, 7) is 4.79. The largest absolute Gasteiger partial charge is 0.495 e. The van der Waals surface area contributed by atoms with Gasteiger partial charge in [-0.2, -0.15) is 0 Å². The molecule has 1 unspecified atom stereocenters. The molecule has 1 heterocycles. The summed E-state index contributed by atoms with van der Waals surface area (Å²) in [7, 11) is 1.64. The van der Waals surface area contributed by atoms with Crippen molar-refractivity contribution in [1.82, 2.24) is 0 Å². The summed E-state index contributed by atoms with van der Waals surface area (Å²) in [4.78, 5) is 2.32. The molecule has 0 saturated carbocycles. The summed E-state index contributed by atoms with van der Waals surface area (Å²) in [5, 5.41) is 0. The zero-order valence-electron chi connectivity index (χ0n) is 10.5. The summed E-state index contributed by atoms with van der Waals surface area (Å²) < 4.78 is 10.9. The molecule has 1 aliphatic rings. The molecule has 1 atom stereocenters. The van der Waals surface area contributed by atoms with Gasteiger partial charge in [0.25, 0.3) is 0 Å². The van der Waals surface area contributed by atoms with Gasteiger partial charge in [-0.3, -0.25) is 0 Å². The van der Waals surface area contributed by atoms with Gasteiger partial charge in [0, 0.05) is 24.8 Å². The fraction of sp³-hybridized carbons (Fsp3) is 0.538. The van der Waals surface area contributed by atoms with Crippen LogP contribution in [0.15, 0.2) is 18.2 Å². The van der Waals surface area contributed by atoms with Gasteiger partial charge in [0.2, 0.25) is 0 Å². The quantitative estimate of drug-likeness (QED) is 0.814. The fourth-order valence-corrected chi connectivity index (χ4v) is 2.10. The molecule has 94 valence electrons. The van der Waals surface area contributed by atoms with E-state index in [1.54, 1.807) is 7.11 Å². The summed E-state index contributed by atoms with van der Waals surface area (Å²) in [5.74, 6) is 0.738. The average molecular weight is 236 g/mol. The third-order valence-corrected chi connectivity index (χ3v) is 3.18. The van der Waals surface area contributed by atoms with Crippen LogP contribution in [0.5, 0.6) is 5.75 Å². The topological polar surface area (TPSA) is 47.7 Å². The molecule has 0 spiro atoms. The van der Waals surface area contributed by atoms with Gasteiger partial charge in [-0.05, 0) is 18.6 Å². The second-order valence-corrected chi connectivity index (χ2v) is 4.27. The Hall–Kier alpha value is -1.42. The highest BCUT2D eigenvalue weighted by atomic mass is 16.5. The number of hydrogen-bond acceptors (Lipinski definition) is 4. The third kappa shape index (κ3) is 2.64. The van der Waals surface area contributed by atoms with E-state index in [1.165, 1.54) is 0 Å². The first-order valence-corrected chi connectivity index (χ1v) is 6.04. The smallest absolute Gasteiger partial charge is 0.143 e. The van der Waals surface area contributed by atoms with E-state index in [0.717, 1.165) is 37.6 Å². The van der Waals surface area contributed by atoms with E-state index in [-0.39, 0.29) is 0 Å². The van der Waals surface area contributed by atoms with Gasteiger partial charge in [-0.1, -0.05) is 6.92 Å². The van der Waals surface area contributed by atoms with Gasteiger partial charge >= 0.3 is 0 Å².